The molecule has 0 bridgehead atoms. The first-order valence-electron chi connectivity index (χ1n) is 15.3. The molecular weight excluding hydrogens is 546 g/mol. The van der Waals surface area contributed by atoms with Gasteiger partial charge in [0.1, 0.15) is 11.6 Å². The van der Waals surface area contributed by atoms with Crippen molar-refractivity contribution in [2.24, 2.45) is 0 Å². The fraction of sp³-hybridized carbons (Fsp3) is 0.424. The van der Waals surface area contributed by atoms with Crippen molar-refractivity contribution in [1.82, 2.24) is 24.4 Å². The number of rotatable bonds is 8. The van der Waals surface area contributed by atoms with Gasteiger partial charge in [-0.05, 0) is 62.4 Å². The summed E-state index contributed by atoms with van der Waals surface area (Å²) >= 11 is 6.72. The van der Waals surface area contributed by atoms with Crippen LogP contribution in [0, 0.1) is 0 Å². The highest BCUT2D eigenvalue weighted by Crippen LogP contribution is 2.37. The summed E-state index contributed by atoms with van der Waals surface area (Å²) in [5.41, 5.74) is 4.57. The number of aromatic nitrogens is 4. The normalized spacial score (nSPS) is 17.3. The predicted octanol–water partition coefficient (Wildman–Crippen LogP) is 5.96. The average molecular weight is 584 g/mol. The van der Waals surface area contributed by atoms with Crippen molar-refractivity contribution in [3.8, 4) is 6.01 Å². The number of likely N-dealkylation sites (tertiary alicyclic amines) is 1. The third kappa shape index (κ3) is 5.34. The third-order valence-electron chi connectivity index (χ3n) is 8.89. The topological polar surface area (TPSA) is 62.6 Å². The molecule has 42 heavy (non-hydrogen) atoms. The summed E-state index contributed by atoms with van der Waals surface area (Å²) in [6, 6.07) is 13.0. The number of hydrogen-bond acceptors (Lipinski definition) is 7. The molecule has 0 unspecified atom stereocenters. The molecule has 0 atom stereocenters. The van der Waals surface area contributed by atoms with Gasteiger partial charge in [0.05, 0.1) is 42.3 Å². The van der Waals surface area contributed by atoms with Crippen LogP contribution in [0.15, 0.2) is 49.2 Å². The van der Waals surface area contributed by atoms with Crippen molar-refractivity contribution in [3.05, 3.63) is 77.0 Å². The zero-order valence-electron chi connectivity index (χ0n) is 24.1. The number of hydrogen-bond donors (Lipinski definition) is 0. The summed E-state index contributed by atoms with van der Waals surface area (Å²) in [4.78, 5) is 21.9. The summed E-state index contributed by atoms with van der Waals surface area (Å²) in [5.74, 6) is 1.92. The molecule has 0 saturated carbocycles. The monoisotopic (exact) mass is 583 g/mol. The van der Waals surface area contributed by atoms with Crippen molar-refractivity contribution in [3.63, 3.8) is 0 Å². The van der Waals surface area contributed by atoms with E-state index in [0.29, 0.717) is 19.2 Å². The molecule has 218 valence electrons. The maximum absolute atomic E-state index is 6.72. The minimum Gasteiger partial charge on any atom is -0.463 e. The predicted molar refractivity (Wildman–Crippen MR) is 170 cm³/mol. The van der Waals surface area contributed by atoms with Gasteiger partial charge in [0.15, 0.2) is 0 Å². The van der Waals surface area contributed by atoms with Crippen LogP contribution in [-0.2, 0) is 26.1 Å². The zero-order chi connectivity index (χ0) is 28.5. The first-order chi connectivity index (χ1) is 20.7. The highest BCUT2D eigenvalue weighted by Gasteiger charge is 2.29. The Morgan fingerprint density at radius 3 is 2.64 bits per heavy atom. The summed E-state index contributed by atoms with van der Waals surface area (Å²) < 4.78 is 8.52. The Hall–Kier alpha value is -3.62. The highest BCUT2D eigenvalue weighted by atomic mass is 35.5. The number of benzene rings is 2. The Balaban J connectivity index is 1.17. The van der Waals surface area contributed by atoms with E-state index in [-0.39, 0.29) is 0 Å². The zero-order valence-corrected chi connectivity index (χ0v) is 24.9. The molecule has 1 fully saturated rings. The van der Waals surface area contributed by atoms with Gasteiger partial charge < -0.3 is 24.0 Å². The Bertz CT molecular complexity index is 1590. The van der Waals surface area contributed by atoms with Crippen LogP contribution < -0.4 is 14.5 Å². The van der Waals surface area contributed by atoms with Gasteiger partial charge in [-0.25, -0.2) is 4.98 Å². The van der Waals surface area contributed by atoms with E-state index in [0.717, 1.165) is 84.4 Å². The van der Waals surface area contributed by atoms with Crippen molar-refractivity contribution in [2.75, 3.05) is 49.1 Å². The number of piperidine rings is 1. The molecule has 8 nitrogen and oxygen atoms in total. The molecule has 1 saturated heterocycles. The Kier molecular flexibility index (Phi) is 7.74. The van der Waals surface area contributed by atoms with Crippen molar-refractivity contribution in [1.29, 1.82) is 0 Å². The van der Waals surface area contributed by atoms with Crippen molar-refractivity contribution in [2.45, 2.75) is 51.7 Å². The lowest BCUT2D eigenvalue weighted by atomic mass is 10.0. The fourth-order valence-electron chi connectivity index (χ4n) is 6.75. The van der Waals surface area contributed by atoms with Gasteiger partial charge in [0.2, 0.25) is 0 Å². The van der Waals surface area contributed by atoms with Gasteiger partial charge in [-0.3, -0.25) is 0 Å². The number of anilines is 2. The van der Waals surface area contributed by atoms with Crippen LogP contribution in [0.3, 0.4) is 0 Å². The maximum Gasteiger partial charge on any atom is 0.318 e. The van der Waals surface area contributed by atoms with Gasteiger partial charge in [-0.1, -0.05) is 48.9 Å². The van der Waals surface area contributed by atoms with Gasteiger partial charge in [0.25, 0.3) is 0 Å². The number of imidazole rings is 1. The Morgan fingerprint density at radius 2 is 1.79 bits per heavy atom. The van der Waals surface area contributed by atoms with Gasteiger partial charge in [-0.2, -0.15) is 9.97 Å². The lowest BCUT2D eigenvalue weighted by Crippen LogP contribution is -2.38. The molecule has 7 rings (SSSR count). The molecule has 9 heteroatoms. The van der Waals surface area contributed by atoms with Gasteiger partial charge in [-0.15, -0.1) is 0 Å². The highest BCUT2D eigenvalue weighted by molar-refractivity contribution is 6.36. The van der Waals surface area contributed by atoms with Crippen LogP contribution in [0.5, 0.6) is 6.01 Å². The Labute approximate surface area is 252 Å². The van der Waals surface area contributed by atoms with E-state index < -0.39 is 0 Å². The number of nitrogens with zero attached hydrogens (tertiary/aromatic N) is 7. The molecular formula is C33H38ClN7O. The minimum atomic E-state index is 0.478. The van der Waals surface area contributed by atoms with E-state index in [1.54, 1.807) is 0 Å². The molecule has 0 amide bonds. The van der Waals surface area contributed by atoms with Gasteiger partial charge in [0, 0.05) is 42.8 Å². The minimum absolute atomic E-state index is 0.478. The molecule has 2 aromatic carbocycles. The molecule has 2 aromatic heterocycles. The summed E-state index contributed by atoms with van der Waals surface area (Å²) in [7, 11) is 0. The van der Waals surface area contributed by atoms with Crippen LogP contribution in [0.25, 0.3) is 16.8 Å². The molecule has 3 aliphatic rings. The fourth-order valence-corrected chi connectivity index (χ4v) is 7.02. The second-order valence-corrected chi connectivity index (χ2v) is 11.9. The van der Waals surface area contributed by atoms with Crippen LogP contribution in [0.1, 0.15) is 48.5 Å². The average Bonchev–Trinajstić information content (AvgIpc) is 3.45. The smallest absolute Gasteiger partial charge is 0.318 e. The molecule has 5 heterocycles. The van der Waals surface area contributed by atoms with Crippen LogP contribution in [0.4, 0.5) is 11.5 Å². The second-order valence-electron chi connectivity index (χ2n) is 11.5. The molecule has 0 radical (unpaired) electrons. The first kappa shape index (κ1) is 27.2. The maximum atomic E-state index is 6.72. The number of fused-ring (bicyclic) bond motifs is 3. The van der Waals surface area contributed by atoms with Crippen molar-refractivity contribution >= 4 is 40.0 Å². The SMILES string of the molecule is C=Cc1ncc2n1CCN(c1nc(OCCCN3CCCCC3)nc3c1CCN(c1cccc4cccc(Cl)c14)C3)C2. The molecule has 0 spiro atoms. The van der Waals surface area contributed by atoms with Crippen LogP contribution in [-0.4, -0.2) is 63.7 Å². The molecule has 0 aliphatic carbocycles. The third-order valence-corrected chi connectivity index (χ3v) is 9.21. The van der Waals surface area contributed by atoms with E-state index in [2.05, 4.69) is 55.1 Å². The largest absolute Gasteiger partial charge is 0.463 e. The quantitative estimate of drug-likeness (QED) is 0.237. The van der Waals surface area contributed by atoms with E-state index in [4.69, 9.17) is 26.3 Å². The Morgan fingerprint density at radius 1 is 0.929 bits per heavy atom. The van der Waals surface area contributed by atoms with Crippen molar-refractivity contribution < 1.29 is 4.74 Å². The van der Waals surface area contributed by atoms with E-state index >= 15 is 0 Å². The first-order valence-corrected chi connectivity index (χ1v) is 15.6. The molecule has 4 aromatic rings. The van der Waals surface area contributed by atoms with Crippen LogP contribution >= 0.6 is 11.6 Å². The molecule has 3 aliphatic heterocycles. The lowest BCUT2D eigenvalue weighted by molar-refractivity contribution is 0.200. The van der Waals surface area contributed by atoms with Gasteiger partial charge >= 0.3 is 6.01 Å². The summed E-state index contributed by atoms with van der Waals surface area (Å²) in [6.07, 6.45) is 9.58. The number of ether oxygens (including phenoxy) is 1. The summed E-state index contributed by atoms with van der Waals surface area (Å²) in [5, 5.41) is 3.02. The van der Waals surface area contributed by atoms with E-state index in [1.165, 1.54) is 43.6 Å². The number of halogens is 1. The molecule has 0 N–H and O–H groups in total. The van der Waals surface area contributed by atoms with Crippen LogP contribution in [0.2, 0.25) is 5.02 Å². The second kappa shape index (κ2) is 11.9. The van der Waals surface area contributed by atoms with E-state index in [1.807, 2.05) is 24.4 Å². The van der Waals surface area contributed by atoms with E-state index in [9.17, 15) is 0 Å². The standard InChI is InChI=1S/C33H38ClN7O/c1-2-30-35-21-25-22-40(18-19-41(25)30)32-26-13-17-39(29-12-7-10-24-9-6-11-27(34)31(24)29)23-28(26)36-33(37-32)42-20-8-16-38-14-4-3-5-15-38/h2,6-7,9-12,21H,1,3-5,8,13-20,22-23H2. The summed E-state index contributed by atoms with van der Waals surface area (Å²) in [6.45, 7) is 12.0. The lowest BCUT2D eigenvalue weighted by Gasteiger charge is -2.35.